The molecule has 5 nitrogen and oxygen atoms in total. The minimum absolute atomic E-state index is 0.127. The van der Waals surface area contributed by atoms with E-state index < -0.39 is 0 Å². The molecule has 0 spiro atoms. The Labute approximate surface area is 150 Å². The zero-order chi connectivity index (χ0) is 17.6. The van der Waals surface area contributed by atoms with Gasteiger partial charge in [0, 0.05) is 56.8 Å². The summed E-state index contributed by atoms with van der Waals surface area (Å²) in [7, 11) is 2.16. The van der Waals surface area contributed by atoms with Crippen molar-refractivity contribution in [1.82, 2.24) is 20.1 Å². The predicted molar refractivity (Wildman–Crippen MR) is 101 cm³/mol. The molecule has 1 amide bonds. The van der Waals surface area contributed by atoms with Gasteiger partial charge in [0.1, 0.15) is 0 Å². The van der Waals surface area contributed by atoms with Gasteiger partial charge in [-0.1, -0.05) is 18.2 Å². The molecule has 1 atom stereocenters. The second-order valence-electron chi connectivity index (χ2n) is 6.99. The summed E-state index contributed by atoms with van der Waals surface area (Å²) in [4.78, 5) is 21.4. The van der Waals surface area contributed by atoms with Crippen LogP contribution in [0.15, 0.2) is 36.5 Å². The summed E-state index contributed by atoms with van der Waals surface area (Å²) in [5.74, 6) is 0.127. The molecule has 1 fully saturated rings. The lowest BCUT2D eigenvalue weighted by atomic mass is 10.1. The minimum atomic E-state index is 0.127. The van der Waals surface area contributed by atoms with Gasteiger partial charge in [-0.25, -0.2) is 0 Å². The number of rotatable bonds is 6. The first-order valence-electron chi connectivity index (χ1n) is 9.15. The molecule has 0 bridgehead atoms. The first-order valence-corrected chi connectivity index (χ1v) is 9.15. The molecule has 0 radical (unpaired) electrons. The number of nitrogens with one attached hydrogen (secondary N) is 1. The molecule has 2 heterocycles. The fourth-order valence-electron chi connectivity index (χ4n) is 3.38. The van der Waals surface area contributed by atoms with Gasteiger partial charge in [0.05, 0.1) is 5.52 Å². The normalized spacial score (nSPS) is 17.5. The third kappa shape index (κ3) is 4.77. The van der Waals surface area contributed by atoms with Crippen LogP contribution in [0.1, 0.15) is 25.3 Å². The smallest absolute Gasteiger partial charge is 0.220 e. The van der Waals surface area contributed by atoms with Crippen molar-refractivity contribution in [2.75, 3.05) is 33.2 Å². The average Bonchev–Trinajstić information content (AvgIpc) is 2.65. The largest absolute Gasteiger partial charge is 0.352 e. The number of pyridine rings is 1. The van der Waals surface area contributed by atoms with Crippen molar-refractivity contribution in [2.24, 2.45) is 0 Å². The van der Waals surface area contributed by atoms with Crippen LogP contribution in [0, 0.1) is 0 Å². The van der Waals surface area contributed by atoms with Crippen molar-refractivity contribution in [3.8, 4) is 0 Å². The number of hydrogen-bond donors (Lipinski definition) is 1. The number of carbonyl (C=O) groups is 1. The molecule has 0 saturated carbocycles. The van der Waals surface area contributed by atoms with Crippen LogP contribution in [0.5, 0.6) is 0 Å². The van der Waals surface area contributed by atoms with E-state index in [4.69, 9.17) is 0 Å². The topological polar surface area (TPSA) is 48.5 Å². The van der Waals surface area contributed by atoms with Crippen molar-refractivity contribution in [2.45, 2.75) is 32.4 Å². The van der Waals surface area contributed by atoms with E-state index in [9.17, 15) is 4.79 Å². The molecule has 2 aromatic rings. The highest BCUT2D eigenvalue weighted by Crippen LogP contribution is 2.16. The molecule has 25 heavy (non-hydrogen) atoms. The van der Waals surface area contributed by atoms with Crippen LogP contribution in [0.2, 0.25) is 0 Å². The summed E-state index contributed by atoms with van der Waals surface area (Å²) in [5, 5.41) is 4.17. The lowest BCUT2D eigenvalue weighted by molar-refractivity contribution is -0.121. The third-order valence-electron chi connectivity index (χ3n) is 5.17. The van der Waals surface area contributed by atoms with Crippen molar-refractivity contribution in [3.05, 3.63) is 42.1 Å². The first kappa shape index (κ1) is 17.8. The number of carbonyl (C=O) groups excluding carboxylic acids is 1. The second-order valence-corrected chi connectivity index (χ2v) is 6.99. The highest BCUT2D eigenvalue weighted by molar-refractivity contribution is 5.82. The fraction of sp³-hybridized carbons (Fsp3) is 0.500. The van der Waals surface area contributed by atoms with E-state index in [-0.39, 0.29) is 5.91 Å². The van der Waals surface area contributed by atoms with Gasteiger partial charge in [0.15, 0.2) is 0 Å². The average molecular weight is 340 g/mol. The molecule has 1 saturated heterocycles. The molecular weight excluding hydrogens is 312 g/mol. The van der Waals surface area contributed by atoms with E-state index in [0.29, 0.717) is 19.0 Å². The van der Waals surface area contributed by atoms with Crippen LogP contribution < -0.4 is 5.32 Å². The Morgan fingerprint density at radius 3 is 2.76 bits per heavy atom. The van der Waals surface area contributed by atoms with E-state index >= 15 is 0 Å². The van der Waals surface area contributed by atoms with Gasteiger partial charge in [-0.05, 0) is 38.1 Å². The Morgan fingerprint density at radius 1 is 1.20 bits per heavy atom. The number of fused-ring (bicyclic) bond motifs is 1. The number of nitrogens with zero attached hydrogens (tertiary/aromatic N) is 3. The number of amides is 1. The minimum Gasteiger partial charge on any atom is -0.352 e. The quantitative estimate of drug-likeness (QED) is 0.876. The van der Waals surface area contributed by atoms with Crippen LogP contribution in [0.4, 0.5) is 0 Å². The molecule has 5 heteroatoms. The van der Waals surface area contributed by atoms with Gasteiger partial charge in [0.25, 0.3) is 0 Å². The van der Waals surface area contributed by atoms with Crippen LogP contribution in [0.3, 0.4) is 0 Å². The van der Waals surface area contributed by atoms with E-state index in [1.807, 2.05) is 24.3 Å². The van der Waals surface area contributed by atoms with Crippen LogP contribution in [-0.4, -0.2) is 60.0 Å². The zero-order valence-electron chi connectivity index (χ0n) is 15.2. The summed E-state index contributed by atoms with van der Waals surface area (Å²) in [5.41, 5.74) is 2.09. The fourth-order valence-corrected chi connectivity index (χ4v) is 3.38. The van der Waals surface area contributed by atoms with Gasteiger partial charge in [-0.15, -0.1) is 0 Å². The van der Waals surface area contributed by atoms with Crippen molar-refractivity contribution in [3.63, 3.8) is 0 Å². The zero-order valence-corrected chi connectivity index (χ0v) is 15.2. The number of hydrogen-bond acceptors (Lipinski definition) is 4. The maximum Gasteiger partial charge on any atom is 0.220 e. The van der Waals surface area contributed by atoms with Gasteiger partial charge in [0.2, 0.25) is 5.91 Å². The van der Waals surface area contributed by atoms with E-state index in [1.165, 1.54) is 0 Å². The van der Waals surface area contributed by atoms with E-state index in [1.54, 1.807) is 6.20 Å². The third-order valence-corrected chi connectivity index (χ3v) is 5.17. The Bertz CT molecular complexity index is 704. The molecule has 1 aromatic heterocycles. The summed E-state index contributed by atoms with van der Waals surface area (Å²) in [6, 6.07) is 10.5. The Kier molecular flexibility index (Phi) is 6.00. The number of likely N-dealkylation sites (N-methyl/N-ethyl adjacent to an activating group) is 1. The highest BCUT2D eigenvalue weighted by Gasteiger charge is 2.19. The van der Waals surface area contributed by atoms with E-state index in [0.717, 1.165) is 49.1 Å². The Hall–Kier alpha value is -1.98. The van der Waals surface area contributed by atoms with Gasteiger partial charge in [-0.3, -0.25) is 14.7 Å². The molecule has 1 aromatic carbocycles. The Morgan fingerprint density at radius 2 is 1.96 bits per heavy atom. The molecule has 3 rings (SSSR count). The number of piperazine rings is 1. The Balaban J connectivity index is 1.46. The van der Waals surface area contributed by atoms with Crippen molar-refractivity contribution >= 4 is 16.8 Å². The van der Waals surface area contributed by atoms with Crippen LogP contribution >= 0.6 is 0 Å². The highest BCUT2D eigenvalue weighted by atomic mass is 16.1. The summed E-state index contributed by atoms with van der Waals surface area (Å²) in [6.45, 7) is 7.22. The predicted octanol–water partition coefficient (Wildman–Crippen LogP) is 2.27. The summed E-state index contributed by atoms with van der Waals surface area (Å²) in [6.07, 6.45) is 3.29. The number of aromatic nitrogens is 1. The maximum absolute atomic E-state index is 12.2. The second kappa shape index (κ2) is 8.41. The summed E-state index contributed by atoms with van der Waals surface area (Å²) < 4.78 is 0. The SMILES string of the molecule is C[C@H](CCC(=O)NCc1ccnc2ccccc12)N1CCN(C)CC1. The molecule has 0 unspecified atom stereocenters. The molecular formula is C20H28N4O. The lowest BCUT2D eigenvalue weighted by Crippen LogP contribution is -2.48. The number of benzene rings is 1. The molecule has 1 N–H and O–H groups in total. The molecule has 0 aliphatic carbocycles. The van der Waals surface area contributed by atoms with Crippen LogP contribution in [-0.2, 0) is 11.3 Å². The number of para-hydroxylation sites is 1. The maximum atomic E-state index is 12.2. The first-order chi connectivity index (χ1) is 12.1. The lowest BCUT2D eigenvalue weighted by Gasteiger charge is -2.36. The monoisotopic (exact) mass is 340 g/mol. The summed E-state index contributed by atoms with van der Waals surface area (Å²) >= 11 is 0. The van der Waals surface area contributed by atoms with Crippen LogP contribution in [0.25, 0.3) is 10.9 Å². The van der Waals surface area contributed by atoms with Gasteiger partial charge < -0.3 is 10.2 Å². The molecule has 1 aliphatic heterocycles. The molecule has 1 aliphatic rings. The van der Waals surface area contributed by atoms with Crippen molar-refractivity contribution < 1.29 is 4.79 Å². The van der Waals surface area contributed by atoms with Gasteiger partial charge in [-0.2, -0.15) is 0 Å². The standard InChI is InChI=1S/C20H28N4O/c1-16(24-13-11-23(2)12-14-24)7-8-20(25)22-15-17-9-10-21-19-6-4-3-5-18(17)19/h3-6,9-10,16H,7-8,11-15H2,1-2H3,(H,22,25)/t16-/m1/s1. The molecule has 134 valence electrons. The van der Waals surface area contributed by atoms with E-state index in [2.05, 4.69) is 40.1 Å². The van der Waals surface area contributed by atoms with Gasteiger partial charge >= 0.3 is 0 Å². The van der Waals surface area contributed by atoms with Crippen molar-refractivity contribution in [1.29, 1.82) is 0 Å².